The number of hydrogen-bond donors (Lipinski definition) is 1. The molecule has 100 valence electrons. The largest absolute Gasteiger partial charge is 0.493 e. The van der Waals surface area contributed by atoms with Gasteiger partial charge in [-0.05, 0) is 12.5 Å². The molecule has 2 aromatic rings. The Morgan fingerprint density at radius 1 is 1.37 bits per heavy atom. The molecule has 1 unspecified atom stereocenters. The predicted molar refractivity (Wildman–Crippen MR) is 69.8 cm³/mol. The molecular weight excluding hydrogens is 242 g/mol. The summed E-state index contributed by atoms with van der Waals surface area (Å²) < 4.78 is 10.9. The van der Waals surface area contributed by atoms with Gasteiger partial charge in [0.25, 0.3) is 0 Å². The van der Waals surface area contributed by atoms with E-state index in [2.05, 4.69) is 17.1 Å². The molecule has 0 spiro atoms. The minimum atomic E-state index is -0.718. The van der Waals surface area contributed by atoms with Gasteiger partial charge in [-0.2, -0.15) is 4.98 Å². The van der Waals surface area contributed by atoms with Crippen LogP contribution in [0, 0.1) is 0 Å². The van der Waals surface area contributed by atoms with Crippen LogP contribution in [0.2, 0.25) is 0 Å². The molecule has 1 atom stereocenters. The summed E-state index contributed by atoms with van der Waals surface area (Å²) in [6.45, 7) is 2.64. The highest BCUT2D eigenvalue weighted by molar-refractivity contribution is 5.44. The van der Waals surface area contributed by atoms with Crippen molar-refractivity contribution in [1.82, 2.24) is 10.1 Å². The SMILES string of the molecule is CCCc1nc(C2(N)CCOc3ccccc32)no1. The minimum absolute atomic E-state index is 0.548. The van der Waals surface area contributed by atoms with Crippen LogP contribution in [0.4, 0.5) is 0 Å². The monoisotopic (exact) mass is 259 g/mol. The first kappa shape index (κ1) is 12.2. The Morgan fingerprint density at radius 3 is 3.05 bits per heavy atom. The van der Waals surface area contributed by atoms with Crippen molar-refractivity contribution >= 4 is 0 Å². The van der Waals surface area contributed by atoms with Gasteiger partial charge in [0.2, 0.25) is 5.89 Å². The van der Waals surface area contributed by atoms with E-state index in [9.17, 15) is 0 Å². The van der Waals surface area contributed by atoms with Gasteiger partial charge >= 0.3 is 0 Å². The first-order chi connectivity index (χ1) is 9.24. The Bertz CT molecular complexity index is 582. The lowest BCUT2D eigenvalue weighted by atomic mass is 9.85. The molecule has 0 radical (unpaired) electrons. The van der Waals surface area contributed by atoms with Gasteiger partial charge in [-0.3, -0.25) is 0 Å². The summed E-state index contributed by atoms with van der Waals surface area (Å²) in [5.74, 6) is 2.00. The van der Waals surface area contributed by atoms with Crippen molar-refractivity contribution in [1.29, 1.82) is 0 Å². The highest BCUT2D eigenvalue weighted by Gasteiger charge is 2.39. The Labute approximate surface area is 111 Å². The van der Waals surface area contributed by atoms with Crippen LogP contribution in [0.25, 0.3) is 0 Å². The van der Waals surface area contributed by atoms with E-state index < -0.39 is 5.54 Å². The average Bonchev–Trinajstić information content (AvgIpc) is 2.89. The van der Waals surface area contributed by atoms with E-state index in [1.165, 1.54) is 0 Å². The molecule has 1 aromatic heterocycles. The van der Waals surface area contributed by atoms with Gasteiger partial charge in [0.1, 0.15) is 11.3 Å². The number of aryl methyl sites for hydroxylation is 1. The molecule has 1 aliphatic heterocycles. The van der Waals surface area contributed by atoms with Crippen LogP contribution < -0.4 is 10.5 Å². The molecule has 0 saturated carbocycles. The van der Waals surface area contributed by atoms with E-state index in [-0.39, 0.29) is 0 Å². The Balaban J connectivity index is 2.03. The number of ether oxygens (including phenoxy) is 1. The summed E-state index contributed by atoms with van der Waals surface area (Å²) in [6.07, 6.45) is 2.40. The zero-order chi connectivity index (χ0) is 13.3. The number of fused-ring (bicyclic) bond motifs is 1. The van der Waals surface area contributed by atoms with Crippen molar-refractivity contribution in [3.05, 3.63) is 41.5 Å². The van der Waals surface area contributed by atoms with Crippen LogP contribution in [0.5, 0.6) is 5.75 Å². The molecule has 0 saturated heterocycles. The fourth-order valence-electron chi connectivity index (χ4n) is 2.40. The normalized spacial score (nSPS) is 21.8. The van der Waals surface area contributed by atoms with Gasteiger partial charge in [0.15, 0.2) is 5.82 Å². The van der Waals surface area contributed by atoms with Crippen LogP contribution in [0.1, 0.15) is 37.0 Å². The number of hydrogen-bond acceptors (Lipinski definition) is 5. The van der Waals surface area contributed by atoms with Crippen LogP contribution >= 0.6 is 0 Å². The zero-order valence-corrected chi connectivity index (χ0v) is 10.9. The van der Waals surface area contributed by atoms with Crippen molar-refractivity contribution in [3.63, 3.8) is 0 Å². The summed E-state index contributed by atoms with van der Waals surface area (Å²) in [7, 11) is 0. The second-order valence-electron chi connectivity index (χ2n) is 4.83. The lowest BCUT2D eigenvalue weighted by Crippen LogP contribution is -2.43. The number of aromatic nitrogens is 2. The average molecular weight is 259 g/mol. The van der Waals surface area contributed by atoms with Crippen molar-refractivity contribution < 1.29 is 9.26 Å². The number of nitrogens with zero attached hydrogens (tertiary/aromatic N) is 2. The van der Waals surface area contributed by atoms with Crippen molar-refractivity contribution in [2.45, 2.75) is 31.7 Å². The van der Waals surface area contributed by atoms with Crippen LogP contribution in [-0.4, -0.2) is 16.7 Å². The molecule has 0 aliphatic carbocycles. The van der Waals surface area contributed by atoms with Gasteiger partial charge in [-0.15, -0.1) is 0 Å². The smallest absolute Gasteiger partial charge is 0.226 e. The fourth-order valence-corrected chi connectivity index (χ4v) is 2.40. The summed E-state index contributed by atoms with van der Waals surface area (Å²) in [4.78, 5) is 4.44. The molecule has 0 bridgehead atoms. The highest BCUT2D eigenvalue weighted by Crippen LogP contribution is 2.38. The van der Waals surface area contributed by atoms with Gasteiger partial charge in [-0.1, -0.05) is 30.3 Å². The first-order valence-corrected chi connectivity index (χ1v) is 6.58. The molecule has 1 aliphatic rings. The Hall–Kier alpha value is -1.88. The topological polar surface area (TPSA) is 74.2 Å². The highest BCUT2D eigenvalue weighted by atomic mass is 16.5. The second-order valence-corrected chi connectivity index (χ2v) is 4.83. The summed E-state index contributed by atoms with van der Waals surface area (Å²) in [6, 6.07) is 7.76. The van der Waals surface area contributed by atoms with Crippen LogP contribution in [-0.2, 0) is 12.0 Å². The maximum absolute atomic E-state index is 6.54. The third-order valence-corrected chi connectivity index (χ3v) is 3.45. The number of para-hydroxylation sites is 1. The van der Waals surface area contributed by atoms with E-state index in [0.29, 0.717) is 24.7 Å². The molecule has 1 aromatic carbocycles. The molecule has 3 rings (SSSR count). The third-order valence-electron chi connectivity index (χ3n) is 3.45. The molecule has 19 heavy (non-hydrogen) atoms. The zero-order valence-electron chi connectivity index (χ0n) is 10.9. The molecule has 5 heteroatoms. The predicted octanol–water partition coefficient (Wildman–Crippen LogP) is 2.01. The van der Waals surface area contributed by atoms with Gasteiger partial charge in [0.05, 0.1) is 6.61 Å². The molecule has 5 nitrogen and oxygen atoms in total. The van der Waals surface area contributed by atoms with Gasteiger partial charge in [-0.25, -0.2) is 0 Å². The summed E-state index contributed by atoms with van der Waals surface area (Å²) in [5, 5.41) is 4.06. The lowest BCUT2D eigenvalue weighted by Gasteiger charge is -2.32. The molecule has 2 heterocycles. The minimum Gasteiger partial charge on any atom is -0.493 e. The summed E-state index contributed by atoms with van der Waals surface area (Å²) in [5.41, 5.74) is 6.74. The lowest BCUT2D eigenvalue weighted by molar-refractivity contribution is 0.229. The van der Waals surface area contributed by atoms with Crippen LogP contribution in [0.3, 0.4) is 0 Å². The quantitative estimate of drug-likeness (QED) is 0.912. The summed E-state index contributed by atoms with van der Waals surface area (Å²) >= 11 is 0. The molecular formula is C14H17N3O2. The second kappa shape index (κ2) is 4.66. The standard InChI is InChI=1S/C14H17N3O2/c1-2-5-12-16-13(17-19-12)14(15)8-9-18-11-7-4-3-6-10(11)14/h3-4,6-7H,2,5,8-9,15H2,1H3. The third kappa shape index (κ3) is 2.00. The van der Waals surface area contributed by atoms with Crippen LogP contribution in [0.15, 0.2) is 28.8 Å². The maximum atomic E-state index is 6.54. The van der Waals surface area contributed by atoms with Crippen molar-refractivity contribution in [3.8, 4) is 5.75 Å². The molecule has 0 amide bonds. The molecule has 2 N–H and O–H groups in total. The van der Waals surface area contributed by atoms with E-state index in [1.807, 2.05) is 24.3 Å². The first-order valence-electron chi connectivity index (χ1n) is 6.58. The van der Waals surface area contributed by atoms with E-state index in [0.717, 1.165) is 24.2 Å². The Morgan fingerprint density at radius 2 is 2.21 bits per heavy atom. The fraction of sp³-hybridized carbons (Fsp3) is 0.429. The number of rotatable bonds is 3. The number of benzene rings is 1. The maximum Gasteiger partial charge on any atom is 0.226 e. The van der Waals surface area contributed by atoms with Gasteiger partial charge in [0, 0.05) is 18.4 Å². The van der Waals surface area contributed by atoms with Crippen molar-refractivity contribution in [2.75, 3.05) is 6.61 Å². The molecule has 0 fully saturated rings. The van der Waals surface area contributed by atoms with E-state index >= 15 is 0 Å². The Kier molecular flexibility index (Phi) is 2.98. The van der Waals surface area contributed by atoms with Crippen molar-refractivity contribution in [2.24, 2.45) is 5.73 Å². The van der Waals surface area contributed by atoms with Gasteiger partial charge < -0.3 is 15.0 Å². The van der Waals surface area contributed by atoms with E-state index in [4.69, 9.17) is 15.0 Å². The van der Waals surface area contributed by atoms with E-state index in [1.54, 1.807) is 0 Å². The number of nitrogens with two attached hydrogens (primary N) is 1.